The number of aliphatic hydroxyl groups is 1. The molecular formula is C37H37ClN6O2. The number of nitrogens with zero attached hydrogens (tertiary/aromatic N) is 5. The van der Waals surface area contributed by atoms with Crippen molar-refractivity contribution in [2.75, 3.05) is 36.4 Å². The first-order chi connectivity index (χ1) is 22.4. The quantitative estimate of drug-likeness (QED) is 0.236. The zero-order valence-corrected chi connectivity index (χ0v) is 26.4. The largest absolute Gasteiger partial charge is 0.385 e. The maximum atomic E-state index is 13.3. The average molecular weight is 633 g/mol. The number of aromatic nitrogens is 3. The van der Waals surface area contributed by atoms with Crippen molar-refractivity contribution in [3.63, 3.8) is 0 Å². The maximum Gasteiger partial charge on any atom is 0.253 e. The van der Waals surface area contributed by atoms with Gasteiger partial charge >= 0.3 is 0 Å². The molecule has 7 rings (SSSR count). The van der Waals surface area contributed by atoms with Crippen molar-refractivity contribution in [3.05, 3.63) is 131 Å². The zero-order valence-electron chi connectivity index (χ0n) is 25.6. The summed E-state index contributed by atoms with van der Waals surface area (Å²) in [6.07, 6.45) is 19.7. The maximum absolute atomic E-state index is 13.3. The monoisotopic (exact) mass is 632 g/mol. The highest BCUT2D eigenvalue weighted by atomic mass is 35.5. The number of pyridine rings is 1. The number of likely N-dealkylation sites (tertiary alicyclic amines) is 1. The van der Waals surface area contributed by atoms with Crippen molar-refractivity contribution in [1.82, 2.24) is 19.5 Å². The van der Waals surface area contributed by atoms with Gasteiger partial charge in [-0.05, 0) is 91.3 Å². The summed E-state index contributed by atoms with van der Waals surface area (Å²) in [6, 6.07) is 19.0. The Morgan fingerprint density at radius 1 is 0.891 bits per heavy atom. The summed E-state index contributed by atoms with van der Waals surface area (Å²) in [7, 11) is 0. The zero-order chi connectivity index (χ0) is 31.5. The second-order valence-corrected chi connectivity index (χ2v) is 12.6. The Bertz CT molecular complexity index is 1820. The second kappa shape index (κ2) is 13.0. The standard InChI is InChI=1S/C37H37ClN6O2/c38-31-14-12-30(13-15-31)37(46)20-25-42(26-21-37)33-9-6-22-44-34(33)40-36(41-44)39-32-16-10-29(11-17-32)35(45)43-23-18-28(19-24-43)27-7-4-2-1-3-5-8-27/h1-17,22,28,46H,18-21,23-26H2,(H,39,41)/b2-1-,3-1?,4-2?,5-3+,7-4-,8-5?,27-7?,27-8-. The van der Waals surface area contributed by atoms with Crippen LogP contribution in [0.25, 0.3) is 5.65 Å². The number of benzene rings is 2. The molecule has 0 unspecified atom stereocenters. The molecule has 0 spiro atoms. The van der Waals surface area contributed by atoms with Crippen LogP contribution in [0.4, 0.5) is 17.3 Å². The van der Waals surface area contributed by atoms with Crippen LogP contribution in [-0.4, -0.2) is 56.7 Å². The minimum Gasteiger partial charge on any atom is -0.385 e. The molecular weight excluding hydrogens is 596 g/mol. The first-order valence-electron chi connectivity index (χ1n) is 15.9. The van der Waals surface area contributed by atoms with Crippen molar-refractivity contribution in [2.45, 2.75) is 31.3 Å². The van der Waals surface area contributed by atoms with E-state index in [2.05, 4.69) is 39.6 Å². The van der Waals surface area contributed by atoms with E-state index in [1.54, 1.807) is 4.52 Å². The van der Waals surface area contributed by atoms with Gasteiger partial charge in [-0.15, -0.1) is 5.10 Å². The van der Waals surface area contributed by atoms with Gasteiger partial charge in [0.1, 0.15) is 0 Å². The number of nitrogens with one attached hydrogen (secondary N) is 1. The molecule has 0 saturated carbocycles. The number of fused-ring (bicyclic) bond motifs is 1. The summed E-state index contributed by atoms with van der Waals surface area (Å²) in [5.74, 6) is 1.01. The lowest BCUT2D eigenvalue weighted by Gasteiger charge is -2.39. The molecule has 234 valence electrons. The van der Waals surface area contributed by atoms with E-state index in [9.17, 15) is 9.90 Å². The van der Waals surface area contributed by atoms with Crippen LogP contribution in [0.2, 0.25) is 5.02 Å². The van der Waals surface area contributed by atoms with Gasteiger partial charge in [0.2, 0.25) is 5.95 Å². The van der Waals surface area contributed by atoms with Gasteiger partial charge in [0.15, 0.2) is 5.65 Å². The molecule has 3 aliphatic rings. The van der Waals surface area contributed by atoms with Gasteiger partial charge < -0.3 is 20.2 Å². The fourth-order valence-electron chi connectivity index (χ4n) is 6.64. The lowest BCUT2D eigenvalue weighted by Crippen LogP contribution is -2.42. The summed E-state index contributed by atoms with van der Waals surface area (Å²) in [5.41, 5.74) is 4.55. The van der Waals surface area contributed by atoms with Crippen molar-refractivity contribution >= 4 is 40.5 Å². The van der Waals surface area contributed by atoms with Crippen LogP contribution in [0.5, 0.6) is 0 Å². The summed E-state index contributed by atoms with van der Waals surface area (Å²) in [6.45, 7) is 2.87. The van der Waals surface area contributed by atoms with Gasteiger partial charge in [-0.25, -0.2) is 4.52 Å². The van der Waals surface area contributed by atoms with Gasteiger partial charge in [-0.1, -0.05) is 66.3 Å². The number of carbonyl (C=O) groups excluding carboxylic acids is 1. The van der Waals surface area contributed by atoms with Crippen molar-refractivity contribution < 1.29 is 9.90 Å². The molecule has 2 aromatic carbocycles. The number of allylic oxidation sites excluding steroid dienone is 8. The Labute approximate surface area is 274 Å². The summed E-state index contributed by atoms with van der Waals surface area (Å²) < 4.78 is 1.77. The SMILES string of the molecule is O=C(c1ccc(Nc2nc3c(N4CCC(O)(c5ccc(Cl)cc5)CC4)cccn3n2)cc1)N1CCC(C2=C\C=C\C=C/C=C\2)CC1. The topological polar surface area (TPSA) is 86.0 Å². The van der Waals surface area contributed by atoms with E-state index in [1.165, 1.54) is 5.57 Å². The first kappa shape index (κ1) is 30.0. The highest BCUT2D eigenvalue weighted by Crippen LogP contribution is 2.36. The van der Waals surface area contributed by atoms with Crippen LogP contribution in [0.1, 0.15) is 41.6 Å². The number of piperidine rings is 2. The highest BCUT2D eigenvalue weighted by Gasteiger charge is 2.34. The third kappa shape index (κ3) is 6.36. The number of hydrogen-bond acceptors (Lipinski definition) is 6. The van der Waals surface area contributed by atoms with Crippen LogP contribution in [-0.2, 0) is 5.60 Å². The number of rotatable bonds is 6. The van der Waals surface area contributed by atoms with E-state index in [1.807, 2.05) is 90.0 Å². The molecule has 0 atom stereocenters. The molecule has 8 nitrogen and oxygen atoms in total. The molecule has 2 aliphatic heterocycles. The smallest absolute Gasteiger partial charge is 0.253 e. The lowest BCUT2D eigenvalue weighted by atomic mass is 9.84. The second-order valence-electron chi connectivity index (χ2n) is 12.2. The number of amides is 1. The molecule has 0 radical (unpaired) electrons. The first-order valence-corrected chi connectivity index (χ1v) is 16.3. The molecule has 4 aromatic rings. The van der Waals surface area contributed by atoms with E-state index < -0.39 is 5.60 Å². The van der Waals surface area contributed by atoms with Gasteiger partial charge in [-0.3, -0.25) is 4.79 Å². The molecule has 2 N–H and O–H groups in total. The Hall–Kier alpha value is -4.66. The number of halogens is 1. The Morgan fingerprint density at radius 3 is 2.37 bits per heavy atom. The highest BCUT2D eigenvalue weighted by molar-refractivity contribution is 6.30. The van der Waals surface area contributed by atoms with Crippen molar-refractivity contribution in [1.29, 1.82) is 0 Å². The minimum atomic E-state index is -0.879. The normalized spacial score (nSPS) is 21.6. The molecule has 2 aromatic heterocycles. The summed E-state index contributed by atoms with van der Waals surface area (Å²) in [5, 5.41) is 20.0. The van der Waals surface area contributed by atoms with E-state index in [0.29, 0.717) is 48.4 Å². The Balaban J connectivity index is 0.975. The van der Waals surface area contributed by atoms with E-state index in [4.69, 9.17) is 16.6 Å². The molecule has 2 fully saturated rings. The van der Waals surface area contributed by atoms with Gasteiger partial charge in [-0.2, -0.15) is 4.98 Å². The fourth-order valence-corrected chi connectivity index (χ4v) is 6.76. The third-order valence-corrected chi connectivity index (χ3v) is 9.57. The predicted octanol–water partition coefficient (Wildman–Crippen LogP) is 7.08. The van der Waals surface area contributed by atoms with Gasteiger partial charge in [0.05, 0.1) is 11.3 Å². The number of anilines is 3. The van der Waals surface area contributed by atoms with Gasteiger partial charge in [0.25, 0.3) is 5.91 Å². The molecule has 0 bridgehead atoms. The number of carbonyl (C=O) groups is 1. The van der Waals surface area contributed by atoms with Crippen LogP contribution in [0, 0.1) is 5.92 Å². The van der Waals surface area contributed by atoms with Crippen LogP contribution in [0.15, 0.2) is 115 Å². The third-order valence-electron chi connectivity index (χ3n) is 9.32. The lowest BCUT2D eigenvalue weighted by molar-refractivity contribution is 0.0118. The molecule has 1 aliphatic carbocycles. The molecule has 46 heavy (non-hydrogen) atoms. The van der Waals surface area contributed by atoms with E-state index in [-0.39, 0.29) is 5.91 Å². The number of hydrogen-bond donors (Lipinski definition) is 2. The van der Waals surface area contributed by atoms with E-state index >= 15 is 0 Å². The Kier molecular flexibility index (Phi) is 8.47. The van der Waals surface area contributed by atoms with Crippen molar-refractivity contribution in [2.24, 2.45) is 5.92 Å². The molecule has 9 heteroatoms. The average Bonchev–Trinajstić information content (AvgIpc) is 3.48. The minimum absolute atomic E-state index is 0.0648. The summed E-state index contributed by atoms with van der Waals surface area (Å²) >= 11 is 6.06. The fraction of sp³-hybridized carbons (Fsp3) is 0.270. The van der Waals surface area contributed by atoms with Crippen LogP contribution < -0.4 is 10.2 Å². The predicted molar refractivity (Wildman–Crippen MR) is 184 cm³/mol. The molecule has 2 saturated heterocycles. The summed E-state index contributed by atoms with van der Waals surface area (Å²) in [4.78, 5) is 22.3. The molecule has 4 heterocycles. The Morgan fingerprint density at radius 2 is 1.61 bits per heavy atom. The van der Waals surface area contributed by atoms with Crippen molar-refractivity contribution in [3.8, 4) is 0 Å². The van der Waals surface area contributed by atoms with E-state index in [0.717, 1.165) is 48.5 Å². The van der Waals surface area contributed by atoms with Crippen LogP contribution in [0.3, 0.4) is 0 Å². The van der Waals surface area contributed by atoms with Crippen LogP contribution >= 0.6 is 11.6 Å². The van der Waals surface area contributed by atoms with Gasteiger partial charge in [0, 0.05) is 48.6 Å². The molecule has 1 amide bonds.